The molecular weight excluding hydrogens is 334 g/mol. The van der Waals surface area contributed by atoms with Crippen molar-refractivity contribution in [2.75, 3.05) is 12.4 Å². The van der Waals surface area contributed by atoms with Crippen molar-refractivity contribution in [3.63, 3.8) is 0 Å². The van der Waals surface area contributed by atoms with Gasteiger partial charge in [0, 0.05) is 25.8 Å². The van der Waals surface area contributed by atoms with Crippen molar-refractivity contribution in [1.82, 2.24) is 19.7 Å². The number of hydrogen-bond acceptors (Lipinski definition) is 5. The highest BCUT2D eigenvalue weighted by atomic mass is 32.1. The van der Waals surface area contributed by atoms with Crippen LogP contribution in [0.1, 0.15) is 34.5 Å². The number of fused-ring (bicyclic) bond motifs is 1. The lowest BCUT2D eigenvalue weighted by Crippen LogP contribution is -2.19. The maximum absolute atomic E-state index is 12.4. The van der Waals surface area contributed by atoms with Crippen LogP contribution in [0.5, 0.6) is 0 Å². The number of benzene rings is 1. The van der Waals surface area contributed by atoms with Crippen LogP contribution in [0.15, 0.2) is 24.4 Å². The highest BCUT2D eigenvalue weighted by molar-refractivity contribution is 7.22. The van der Waals surface area contributed by atoms with E-state index < -0.39 is 0 Å². The molecule has 6 nitrogen and oxygen atoms in total. The zero-order valence-electron chi connectivity index (χ0n) is 14.6. The topological polar surface area (TPSA) is 63.1 Å². The van der Waals surface area contributed by atoms with Gasteiger partial charge in [0.05, 0.1) is 21.5 Å². The normalized spacial score (nSPS) is 14.4. The first-order valence-electron chi connectivity index (χ1n) is 8.41. The van der Waals surface area contributed by atoms with E-state index in [0.29, 0.717) is 16.4 Å². The van der Waals surface area contributed by atoms with Gasteiger partial charge in [-0.25, -0.2) is 4.98 Å². The second-order valence-corrected chi connectivity index (χ2v) is 7.75. The van der Waals surface area contributed by atoms with Crippen molar-refractivity contribution < 1.29 is 4.79 Å². The maximum Gasteiger partial charge on any atom is 0.260 e. The number of aryl methyl sites for hydroxylation is 2. The number of amides is 1. The van der Waals surface area contributed by atoms with Gasteiger partial charge in [0.25, 0.3) is 5.91 Å². The van der Waals surface area contributed by atoms with Gasteiger partial charge in [-0.3, -0.25) is 19.7 Å². The van der Waals surface area contributed by atoms with E-state index in [4.69, 9.17) is 0 Å². The largest absolute Gasteiger partial charge is 0.299 e. The van der Waals surface area contributed by atoms with Crippen LogP contribution in [0.3, 0.4) is 0 Å². The Balaban J connectivity index is 1.52. The van der Waals surface area contributed by atoms with Gasteiger partial charge in [0.1, 0.15) is 0 Å². The molecule has 4 rings (SSSR count). The van der Waals surface area contributed by atoms with Crippen LogP contribution in [0.4, 0.5) is 5.13 Å². The van der Waals surface area contributed by atoms with E-state index in [1.165, 1.54) is 29.7 Å². The Kier molecular flexibility index (Phi) is 4.05. The Labute approximate surface area is 150 Å². The Hall–Kier alpha value is -2.25. The van der Waals surface area contributed by atoms with Gasteiger partial charge in [-0.15, -0.1) is 0 Å². The summed E-state index contributed by atoms with van der Waals surface area (Å²) >= 11 is 1.51. The molecule has 0 saturated heterocycles. The number of anilines is 1. The van der Waals surface area contributed by atoms with Crippen LogP contribution in [0.25, 0.3) is 10.2 Å². The van der Waals surface area contributed by atoms with Crippen LogP contribution < -0.4 is 5.32 Å². The second kappa shape index (κ2) is 6.24. The molecule has 1 fully saturated rings. The summed E-state index contributed by atoms with van der Waals surface area (Å²) in [5.41, 5.74) is 3.49. The molecule has 0 atom stereocenters. The minimum absolute atomic E-state index is 0.168. The van der Waals surface area contributed by atoms with Crippen molar-refractivity contribution in [3.8, 4) is 0 Å². The summed E-state index contributed by atoms with van der Waals surface area (Å²) in [5.74, 6) is -0.168. The SMILES string of the molecule is Cc1nn(C)cc1C(=O)Nc1nc2ccc(CN(C)C3CC3)cc2s1. The van der Waals surface area contributed by atoms with Gasteiger partial charge < -0.3 is 0 Å². The first-order chi connectivity index (χ1) is 12.0. The highest BCUT2D eigenvalue weighted by Crippen LogP contribution is 2.30. The molecular formula is C18H21N5OS. The summed E-state index contributed by atoms with van der Waals surface area (Å²) in [5, 5.41) is 7.73. The maximum atomic E-state index is 12.4. The molecule has 0 radical (unpaired) electrons. The average molecular weight is 355 g/mol. The van der Waals surface area contributed by atoms with Crippen molar-refractivity contribution in [2.45, 2.75) is 32.4 Å². The third-order valence-corrected chi connectivity index (χ3v) is 5.47. The van der Waals surface area contributed by atoms with E-state index in [1.807, 2.05) is 20.0 Å². The van der Waals surface area contributed by atoms with E-state index in [9.17, 15) is 4.79 Å². The number of nitrogens with one attached hydrogen (secondary N) is 1. The third kappa shape index (κ3) is 3.43. The number of carbonyl (C=O) groups is 1. The summed E-state index contributed by atoms with van der Waals surface area (Å²) in [6, 6.07) is 7.08. The fourth-order valence-electron chi connectivity index (χ4n) is 3.04. The molecule has 1 amide bonds. The molecule has 0 unspecified atom stereocenters. The number of aromatic nitrogens is 3. The van der Waals surface area contributed by atoms with Crippen LogP contribution in [-0.2, 0) is 13.6 Å². The molecule has 1 aromatic carbocycles. The van der Waals surface area contributed by atoms with E-state index in [0.717, 1.165) is 22.8 Å². The van der Waals surface area contributed by atoms with Gasteiger partial charge in [-0.2, -0.15) is 5.10 Å². The minimum atomic E-state index is -0.168. The monoisotopic (exact) mass is 355 g/mol. The third-order valence-electron chi connectivity index (χ3n) is 4.53. The van der Waals surface area contributed by atoms with E-state index in [2.05, 4.69) is 39.5 Å². The molecule has 2 heterocycles. The van der Waals surface area contributed by atoms with Crippen molar-refractivity contribution in [3.05, 3.63) is 41.2 Å². The number of hydrogen-bond donors (Lipinski definition) is 1. The van der Waals surface area contributed by atoms with Crippen molar-refractivity contribution >= 4 is 32.6 Å². The molecule has 7 heteroatoms. The van der Waals surface area contributed by atoms with Gasteiger partial charge in [0.2, 0.25) is 0 Å². The summed E-state index contributed by atoms with van der Waals surface area (Å²) < 4.78 is 2.74. The Morgan fingerprint density at radius 1 is 1.44 bits per heavy atom. The number of carbonyl (C=O) groups excluding carboxylic acids is 1. The minimum Gasteiger partial charge on any atom is -0.299 e. The Morgan fingerprint density at radius 2 is 2.24 bits per heavy atom. The molecule has 3 aromatic rings. The zero-order valence-corrected chi connectivity index (χ0v) is 15.4. The van der Waals surface area contributed by atoms with Crippen molar-refractivity contribution in [2.24, 2.45) is 7.05 Å². The van der Waals surface area contributed by atoms with Gasteiger partial charge in [-0.05, 0) is 44.5 Å². The van der Waals surface area contributed by atoms with Crippen LogP contribution in [0, 0.1) is 6.92 Å². The van der Waals surface area contributed by atoms with Gasteiger partial charge in [0.15, 0.2) is 5.13 Å². The standard InChI is InChI=1S/C18H21N5OS/c1-11-14(10-23(3)21-11)17(24)20-18-19-15-7-4-12(8-16(15)25-18)9-22(2)13-5-6-13/h4,7-8,10,13H,5-6,9H2,1-3H3,(H,19,20,24). The molecule has 1 N–H and O–H groups in total. The summed E-state index contributed by atoms with van der Waals surface area (Å²) in [6.45, 7) is 2.78. The van der Waals surface area contributed by atoms with Gasteiger partial charge in [-0.1, -0.05) is 17.4 Å². The number of rotatable bonds is 5. The molecule has 1 saturated carbocycles. The highest BCUT2D eigenvalue weighted by Gasteiger charge is 2.25. The van der Waals surface area contributed by atoms with E-state index >= 15 is 0 Å². The zero-order chi connectivity index (χ0) is 17.6. The van der Waals surface area contributed by atoms with Gasteiger partial charge >= 0.3 is 0 Å². The van der Waals surface area contributed by atoms with Crippen LogP contribution in [-0.4, -0.2) is 38.7 Å². The lowest BCUT2D eigenvalue weighted by molar-refractivity contribution is 0.102. The fourth-order valence-corrected chi connectivity index (χ4v) is 3.96. The molecule has 2 aromatic heterocycles. The second-order valence-electron chi connectivity index (χ2n) is 6.72. The van der Waals surface area contributed by atoms with Crippen molar-refractivity contribution in [1.29, 1.82) is 0 Å². The molecule has 0 aliphatic heterocycles. The summed E-state index contributed by atoms with van der Waals surface area (Å²) in [4.78, 5) is 19.3. The summed E-state index contributed by atoms with van der Waals surface area (Å²) in [7, 11) is 3.98. The Morgan fingerprint density at radius 3 is 2.92 bits per heavy atom. The average Bonchev–Trinajstić information content (AvgIpc) is 3.25. The smallest absolute Gasteiger partial charge is 0.260 e. The lowest BCUT2D eigenvalue weighted by atomic mass is 10.2. The van der Waals surface area contributed by atoms with Crippen LogP contribution >= 0.6 is 11.3 Å². The predicted octanol–water partition coefficient (Wildman–Crippen LogP) is 3.18. The molecule has 0 bridgehead atoms. The van der Waals surface area contributed by atoms with E-state index in [-0.39, 0.29) is 5.91 Å². The Bertz CT molecular complexity index is 940. The predicted molar refractivity (Wildman–Crippen MR) is 100 cm³/mol. The number of thiazole rings is 1. The first-order valence-corrected chi connectivity index (χ1v) is 9.22. The summed E-state index contributed by atoms with van der Waals surface area (Å²) in [6.07, 6.45) is 4.34. The van der Waals surface area contributed by atoms with E-state index in [1.54, 1.807) is 10.9 Å². The lowest BCUT2D eigenvalue weighted by Gasteiger charge is -2.15. The first kappa shape index (κ1) is 16.2. The number of nitrogens with zero attached hydrogens (tertiary/aromatic N) is 4. The molecule has 1 aliphatic rings. The fraction of sp³-hybridized carbons (Fsp3) is 0.389. The quantitative estimate of drug-likeness (QED) is 0.763. The molecule has 25 heavy (non-hydrogen) atoms. The van der Waals surface area contributed by atoms with Crippen LogP contribution in [0.2, 0.25) is 0 Å². The molecule has 0 spiro atoms. The molecule has 1 aliphatic carbocycles. The molecule has 130 valence electrons.